The minimum absolute atomic E-state index is 0.0846. The molecule has 3 rings (SSSR count). The summed E-state index contributed by atoms with van der Waals surface area (Å²) in [5.41, 5.74) is 1.95. The van der Waals surface area contributed by atoms with Crippen molar-refractivity contribution in [2.75, 3.05) is 39.3 Å². The lowest BCUT2D eigenvalue weighted by Crippen LogP contribution is -2.40. The molecule has 0 aliphatic heterocycles. The Bertz CT molecular complexity index is 1270. The molecular weight excluding hydrogens is 484 g/mol. The van der Waals surface area contributed by atoms with Gasteiger partial charge in [0.1, 0.15) is 12.3 Å². The molecule has 36 heavy (non-hydrogen) atoms. The van der Waals surface area contributed by atoms with Gasteiger partial charge in [0.2, 0.25) is 11.7 Å². The van der Waals surface area contributed by atoms with Gasteiger partial charge in [0.15, 0.2) is 11.5 Å². The normalized spacial score (nSPS) is 10.9. The largest absolute Gasteiger partial charge is 0.497 e. The molecule has 0 spiro atoms. The summed E-state index contributed by atoms with van der Waals surface area (Å²) in [6.45, 7) is 1.57. The number of anilines is 1. The van der Waals surface area contributed by atoms with Gasteiger partial charge in [-0.05, 0) is 61.0 Å². The number of methoxy groups -OCH3 is 4. The lowest BCUT2D eigenvalue weighted by Gasteiger charge is -2.24. The molecule has 0 atom stereocenters. The molecule has 3 aromatic carbocycles. The highest BCUT2D eigenvalue weighted by atomic mass is 32.2. The van der Waals surface area contributed by atoms with Crippen LogP contribution >= 0.6 is 0 Å². The molecule has 0 bridgehead atoms. The standard InChI is InChI=1S/C26H30N2O7S/c1-18-6-12-22(13-7-18)36(30,31)28(20-8-10-21(32-2)11-9-20)17-25(29)27-16-19-14-23(33-3)26(35-5)24(15-19)34-4/h6-15H,16-17H2,1-5H3,(H,27,29). The van der Waals surface area contributed by atoms with E-state index in [4.69, 9.17) is 18.9 Å². The molecule has 192 valence electrons. The van der Waals surface area contributed by atoms with Crippen molar-refractivity contribution >= 4 is 21.6 Å². The van der Waals surface area contributed by atoms with E-state index in [0.717, 1.165) is 9.87 Å². The number of rotatable bonds is 11. The highest BCUT2D eigenvalue weighted by Crippen LogP contribution is 2.38. The van der Waals surface area contributed by atoms with Crippen LogP contribution in [-0.2, 0) is 21.4 Å². The topological polar surface area (TPSA) is 103 Å². The Morgan fingerprint density at radius 2 is 1.42 bits per heavy atom. The minimum atomic E-state index is -4.02. The number of sulfonamides is 1. The first-order valence-corrected chi connectivity index (χ1v) is 12.5. The Kier molecular flexibility index (Phi) is 8.65. The van der Waals surface area contributed by atoms with Crippen molar-refractivity contribution in [3.8, 4) is 23.0 Å². The van der Waals surface area contributed by atoms with Crippen LogP contribution in [0.4, 0.5) is 5.69 Å². The van der Waals surface area contributed by atoms with Crippen LogP contribution in [-0.4, -0.2) is 49.3 Å². The summed E-state index contributed by atoms with van der Waals surface area (Å²) >= 11 is 0. The third kappa shape index (κ3) is 6.01. The van der Waals surface area contributed by atoms with Crippen LogP contribution in [0.5, 0.6) is 23.0 Å². The highest BCUT2D eigenvalue weighted by Gasteiger charge is 2.27. The van der Waals surface area contributed by atoms with Crippen molar-refractivity contribution in [3.63, 3.8) is 0 Å². The Morgan fingerprint density at radius 3 is 1.92 bits per heavy atom. The van der Waals surface area contributed by atoms with Crippen LogP contribution in [0, 0.1) is 6.92 Å². The molecule has 0 saturated heterocycles. The number of aryl methyl sites for hydroxylation is 1. The van der Waals surface area contributed by atoms with Crippen LogP contribution in [0.3, 0.4) is 0 Å². The highest BCUT2D eigenvalue weighted by molar-refractivity contribution is 7.92. The second-order valence-corrected chi connectivity index (χ2v) is 9.70. The lowest BCUT2D eigenvalue weighted by molar-refractivity contribution is -0.119. The molecule has 1 N–H and O–H groups in total. The maximum atomic E-state index is 13.5. The lowest BCUT2D eigenvalue weighted by atomic mass is 10.1. The summed E-state index contributed by atoms with van der Waals surface area (Å²) in [5, 5.41) is 2.77. The molecule has 3 aromatic rings. The number of ether oxygens (including phenoxy) is 4. The van der Waals surface area contributed by atoms with Gasteiger partial charge in [-0.3, -0.25) is 9.10 Å². The summed E-state index contributed by atoms with van der Waals surface area (Å²) in [6, 6.07) is 16.4. The van der Waals surface area contributed by atoms with Crippen LogP contribution < -0.4 is 28.6 Å². The van der Waals surface area contributed by atoms with E-state index in [1.165, 1.54) is 40.6 Å². The maximum Gasteiger partial charge on any atom is 0.264 e. The Morgan fingerprint density at radius 1 is 0.833 bits per heavy atom. The van der Waals surface area contributed by atoms with Crippen LogP contribution in [0.25, 0.3) is 0 Å². The van der Waals surface area contributed by atoms with Crippen LogP contribution in [0.15, 0.2) is 65.6 Å². The molecule has 1 amide bonds. The van der Waals surface area contributed by atoms with E-state index in [1.807, 2.05) is 6.92 Å². The Balaban J connectivity index is 1.86. The van der Waals surface area contributed by atoms with E-state index < -0.39 is 22.5 Å². The monoisotopic (exact) mass is 514 g/mol. The SMILES string of the molecule is COc1ccc(N(CC(=O)NCc2cc(OC)c(OC)c(OC)c2)S(=O)(=O)c2ccc(C)cc2)cc1. The summed E-state index contributed by atoms with van der Waals surface area (Å²) < 4.78 is 49.3. The third-order valence-corrected chi connectivity index (χ3v) is 7.26. The molecule has 0 fully saturated rings. The summed E-state index contributed by atoms with van der Waals surface area (Å²) in [6.07, 6.45) is 0. The summed E-state index contributed by atoms with van der Waals surface area (Å²) in [7, 11) is 2.01. The molecule has 0 aliphatic carbocycles. The van der Waals surface area contributed by atoms with E-state index in [1.54, 1.807) is 48.5 Å². The van der Waals surface area contributed by atoms with E-state index in [2.05, 4.69) is 5.32 Å². The number of hydrogen-bond acceptors (Lipinski definition) is 7. The fourth-order valence-corrected chi connectivity index (χ4v) is 4.95. The number of benzene rings is 3. The minimum Gasteiger partial charge on any atom is -0.497 e. The van der Waals surface area contributed by atoms with Crippen molar-refractivity contribution in [2.24, 2.45) is 0 Å². The fraction of sp³-hybridized carbons (Fsp3) is 0.269. The van der Waals surface area contributed by atoms with Gasteiger partial charge in [-0.15, -0.1) is 0 Å². The Labute approximate surface area is 211 Å². The predicted octanol–water partition coefficient (Wildman–Crippen LogP) is 3.54. The van der Waals surface area contributed by atoms with Crippen LogP contribution in [0.1, 0.15) is 11.1 Å². The predicted molar refractivity (Wildman–Crippen MR) is 137 cm³/mol. The zero-order valence-electron chi connectivity index (χ0n) is 20.9. The first kappa shape index (κ1) is 26.7. The fourth-order valence-electron chi connectivity index (χ4n) is 3.53. The van der Waals surface area contributed by atoms with Crippen molar-refractivity contribution in [1.82, 2.24) is 5.32 Å². The zero-order valence-corrected chi connectivity index (χ0v) is 21.7. The number of hydrogen-bond donors (Lipinski definition) is 1. The molecule has 9 nitrogen and oxygen atoms in total. The molecule has 0 heterocycles. The van der Waals surface area contributed by atoms with Gasteiger partial charge < -0.3 is 24.3 Å². The first-order valence-electron chi connectivity index (χ1n) is 11.0. The molecular formula is C26H30N2O7S. The van der Waals surface area contributed by atoms with E-state index >= 15 is 0 Å². The maximum absolute atomic E-state index is 13.5. The molecule has 10 heteroatoms. The van der Waals surface area contributed by atoms with Gasteiger partial charge in [0.05, 0.1) is 39.0 Å². The van der Waals surface area contributed by atoms with Gasteiger partial charge in [0, 0.05) is 6.54 Å². The number of nitrogens with zero attached hydrogens (tertiary/aromatic N) is 1. The smallest absolute Gasteiger partial charge is 0.264 e. The van der Waals surface area contributed by atoms with Gasteiger partial charge in [0.25, 0.3) is 10.0 Å². The quantitative estimate of drug-likeness (QED) is 0.417. The van der Waals surface area contributed by atoms with E-state index in [0.29, 0.717) is 34.2 Å². The summed E-state index contributed by atoms with van der Waals surface area (Å²) in [5.74, 6) is 1.41. The second-order valence-electron chi connectivity index (χ2n) is 7.83. The van der Waals surface area contributed by atoms with Gasteiger partial charge >= 0.3 is 0 Å². The van der Waals surface area contributed by atoms with Crippen molar-refractivity contribution in [2.45, 2.75) is 18.4 Å². The number of carbonyl (C=O) groups is 1. The third-order valence-electron chi connectivity index (χ3n) is 5.47. The molecule has 0 aliphatic rings. The summed E-state index contributed by atoms with van der Waals surface area (Å²) in [4.78, 5) is 13.0. The van der Waals surface area contributed by atoms with Crippen molar-refractivity contribution in [3.05, 3.63) is 71.8 Å². The molecule has 0 radical (unpaired) electrons. The molecule has 0 saturated carbocycles. The number of carbonyl (C=O) groups excluding carboxylic acids is 1. The average Bonchev–Trinajstić information content (AvgIpc) is 2.90. The second kappa shape index (κ2) is 11.7. The van der Waals surface area contributed by atoms with E-state index in [9.17, 15) is 13.2 Å². The molecule has 0 aromatic heterocycles. The van der Waals surface area contributed by atoms with Crippen molar-refractivity contribution in [1.29, 1.82) is 0 Å². The van der Waals surface area contributed by atoms with Gasteiger partial charge in [-0.1, -0.05) is 17.7 Å². The van der Waals surface area contributed by atoms with Crippen molar-refractivity contribution < 1.29 is 32.2 Å². The first-order chi connectivity index (χ1) is 17.2. The average molecular weight is 515 g/mol. The van der Waals surface area contributed by atoms with Gasteiger partial charge in [-0.2, -0.15) is 0 Å². The number of nitrogens with one attached hydrogen (secondary N) is 1. The van der Waals surface area contributed by atoms with Gasteiger partial charge in [-0.25, -0.2) is 8.42 Å². The van der Waals surface area contributed by atoms with Crippen LogP contribution in [0.2, 0.25) is 0 Å². The number of amides is 1. The molecule has 0 unspecified atom stereocenters. The van der Waals surface area contributed by atoms with E-state index in [-0.39, 0.29) is 11.4 Å². The Hall–Kier alpha value is -3.92. The zero-order chi connectivity index (χ0) is 26.3.